The zero-order chi connectivity index (χ0) is 29.2. The molecule has 3 N–H and O–H groups in total. The van der Waals surface area contributed by atoms with Crippen molar-refractivity contribution in [1.82, 2.24) is 34.7 Å². The topological polar surface area (TPSA) is 120 Å². The number of fused-ring (bicyclic) bond motifs is 1. The smallest absolute Gasteiger partial charge is 0.398 e. The van der Waals surface area contributed by atoms with Crippen LogP contribution in [0.3, 0.4) is 0 Å². The lowest BCUT2D eigenvalue weighted by Gasteiger charge is -2.17. The standard InChI is InChI=1S/C26H18ClF5N8O/c1-11-6-14-7-12(16-9-13(27)2-5-18(16)39-10-34-37-38-39)8-19(41)40(14)23(11)25-35-22(24(29)36-25)15-3-4-17(33)20(21(15)28)26(30,31)32/h2-5,7-11,23H,6,33H2,1H3,(H,35,36)/t11-,23-/m0/s1. The molecule has 3 aromatic heterocycles. The van der Waals surface area contributed by atoms with E-state index in [2.05, 4.69) is 25.5 Å². The van der Waals surface area contributed by atoms with Gasteiger partial charge in [-0.3, -0.25) is 4.79 Å². The summed E-state index contributed by atoms with van der Waals surface area (Å²) in [6.45, 7) is 1.81. The Balaban J connectivity index is 1.44. The van der Waals surface area contributed by atoms with E-state index in [0.29, 0.717) is 34.0 Å². The van der Waals surface area contributed by atoms with Crippen LogP contribution in [0.5, 0.6) is 0 Å². The van der Waals surface area contributed by atoms with Crippen LogP contribution in [0.15, 0.2) is 53.6 Å². The van der Waals surface area contributed by atoms with Crippen molar-refractivity contribution < 1.29 is 22.0 Å². The number of nitrogens with two attached hydrogens (primary N) is 1. The number of benzene rings is 2. The van der Waals surface area contributed by atoms with Gasteiger partial charge in [-0.1, -0.05) is 18.5 Å². The first-order valence-electron chi connectivity index (χ1n) is 12.1. The second kappa shape index (κ2) is 9.51. The lowest BCUT2D eigenvalue weighted by molar-refractivity contribution is -0.139. The molecule has 6 rings (SSSR count). The average molecular weight is 589 g/mol. The predicted octanol–water partition coefficient (Wildman–Crippen LogP) is 5.20. The summed E-state index contributed by atoms with van der Waals surface area (Å²) in [6, 6.07) is 9.17. The summed E-state index contributed by atoms with van der Waals surface area (Å²) in [7, 11) is 0. The largest absolute Gasteiger partial charge is 0.421 e. The van der Waals surface area contributed by atoms with Gasteiger partial charge in [0.1, 0.15) is 29.2 Å². The number of halogens is 6. The molecule has 5 aromatic rings. The van der Waals surface area contributed by atoms with E-state index in [1.165, 1.54) is 21.6 Å². The molecule has 0 fully saturated rings. The van der Waals surface area contributed by atoms with E-state index in [4.69, 9.17) is 17.3 Å². The van der Waals surface area contributed by atoms with Gasteiger partial charge >= 0.3 is 6.18 Å². The molecular formula is C26H18ClF5N8O. The van der Waals surface area contributed by atoms with Crippen molar-refractivity contribution >= 4 is 17.3 Å². The Bertz CT molecular complexity index is 1870. The molecular weight excluding hydrogens is 571 g/mol. The number of nitrogen functional groups attached to an aromatic ring is 1. The number of alkyl halides is 3. The van der Waals surface area contributed by atoms with Gasteiger partial charge < -0.3 is 15.3 Å². The lowest BCUT2D eigenvalue weighted by atomic mass is 10.00. The third-order valence-electron chi connectivity index (χ3n) is 7.03. The van der Waals surface area contributed by atoms with Crippen LogP contribution >= 0.6 is 11.6 Å². The first kappa shape index (κ1) is 26.6. The van der Waals surface area contributed by atoms with Crippen LogP contribution in [0.1, 0.15) is 30.0 Å². The quantitative estimate of drug-likeness (QED) is 0.220. The number of anilines is 1. The molecule has 4 heterocycles. The molecule has 0 spiro atoms. The number of hydrogen-bond acceptors (Lipinski definition) is 6. The van der Waals surface area contributed by atoms with Crippen molar-refractivity contribution in [3.05, 3.63) is 93.0 Å². The number of nitrogens with one attached hydrogen (secondary N) is 1. The fourth-order valence-corrected chi connectivity index (χ4v) is 5.48. The number of tetrazole rings is 1. The van der Waals surface area contributed by atoms with E-state index >= 15 is 4.39 Å². The SMILES string of the molecule is C[C@H]1Cc2cc(-c3cc(Cl)ccc3-n3cnnn3)cc(=O)n2[C@@H]1c1nc(-c2ccc(N)c(C(F)(F)F)c2F)c(F)[nH]1. The van der Waals surface area contributed by atoms with Gasteiger partial charge in [0.05, 0.1) is 11.7 Å². The van der Waals surface area contributed by atoms with E-state index in [0.717, 1.165) is 12.1 Å². The van der Waals surface area contributed by atoms with Crippen molar-refractivity contribution in [3.63, 3.8) is 0 Å². The molecule has 9 nitrogen and oxygen atoms in total. The van der Waals surface area contributed by atoms with E-state index in [9.17, 15) is 22.4 Å². The van der Waals surface area contributed by atoms with Gasteiger partial charge in [0, 0.05) is 33.6 Å². The van der Waals surface area contributed by atoms with Gasteiger partial charge in [-0.05, 0) is 64.7 Å². The maximum Gasteiger partial charge on any atom is 0.421 e. The average Bonchev–Trinajstić information content (AvgIpc) is 3.62. The highest BCUT2D eigenvalue weighted by Crippen LogP contribution is 2.41. The van der Waals surface area contributed by atoms with Gasteiger partial charge in [0.15, 0.2) is 0 Å². The summed E-state index contributed by atoms with van der Waals surface area (Å²) in [6.07, 6.45) is -3.31. The minimum atomic E-state index is -5.10. The minimum Gasteiger partial charge on any atom is -0.398 e. The van der Waals surface area contributed by atoms with Crippen molar-refractivity contribution in [2.45, 2.75) is 25.6 Å². The maximum absolute atomic E-state index is 15.0. The molecule has 2 atom stereocenters. The van der Waals surface area contributed by atoms with Crippen LogP contribution < -0.4 is 11.3 Å². The predicted molar refractivity (Wildman–Crippen MR) is 138 cm³/mol. The van der Waals surface area contributed by atoms with Crippen LogP contribution in [-0.2, 0) is 12.6 Å². The summed E-state index contributed by atoms with van der Waals surface area (Å²) < 4.78 is 73.0. The zero-order valence-corrected chi connectivity index (χ0v) is 21.7. The third kappa shape index (κ3) is 4.43. The third-order valence-corrected chi connectivity index (χ3v) is 7.27. The minimum absolute atomic E-state index is 0.0412. The van der Waals surface area contributed by atoms with Crippen LogP contribution in [0, 0.1) is 17.7 Å². The normalized spacial score (nSPS) is 16.8. The number of nitrogens with zero attached hydrogens (tertiary/aromatic N) is 6. The fourth-order valence-electron chi connectivity index (χ4n) is 5.31. The summed E-state index contributed by atoms with van der Waals surface area (Å²) in [4.78, 5) is 20.0. The number of aromatic nitrogens is 7. The van der Waals surface area contributed by atoms with Gasteiger partial charge in [-0.25, -0.2) is 9.37 Å². The van der Waals surface area contributed by atoms with Crippen molar-refractivity contribution in [3.8, 4) is 28.1 Å². The molecule has 1 aliphatic heterocycles. The fraction of sp³-hybridized carbons (Fsp3) is 0.192. The molecule has 0 saturated heterocycles. The molecule has 0 radical (unpaired) electrons. The first-order valence-corrected chi connectivity index (χ1v) is 12.5. The van der Waals surface area contributed by atoms with Gasteiger partial charge in [0.25, 0.3) is 5.56 Å². The summed E-state index contributed by atoms with van der Waals surface area (Å²) in [5.41, 5.74) is 3.31. The maximum atomic E-state index is 15.0. The Morgan fingerprint density at radius 1 is 1.10 bits per heavy atom. The molecule has 0 aliphatic carbocycles. The van der Waals surface area contributed by atoms with E-state index in [1.807, 2.05) is 6.92 Å². The monoisotopic (exact) mass is 588 g/mol. The Kier molecular flexibility index (Phi) is 6.17. The number of H-pyrrole nitrogens is 1. The van der Waals surface area contributed by atoms with Gasteiger partial charge in [0.2, 0.25) is 5.95 Å². The van der Waals surface area contributed by atoms with Crippen molar-refractivity contribution in [1.29, 1.82) is 0 Å². The van der Waals surface area contributed by atoms with Crippen LogP contribution in [-0.4, -0.2) is 34.7 Å². The van der Waals surface area contributed by atoms with Gasteiger partial charge in [-0.2, -0.15) is 22.2 Å². The second-order valence-corrected chi connectivity index (χ2v) is 10.1. The Morgan fingerprint density at radius 2 is 1.88 bits per heavy atom. The number of imidazole rings is 1. The molecule has 0 unspecified atom stereocenters. The van der Waals surface area contributed by atoms with Crippen molar-refractivity contribution in [2.75, 3.05) is 5.73 Å². The number of pyridine rings is 1. The zero-order valence-electron chi connectivity index (χ0n) is 20.9. The molecule has 0 amide bonds. The number of hydrogen-bond donors (Lipinski definition) is 2. The number of rotatable bonds is 4. The van der Waals surface area contributed by atoms with Crippen molar-refractivity contribution in [2.24, 2.45) is 5.92 Å². The Hall–Kier alpha value is -4.59. The summed E-state index contributed by atoms with van der Waals surface area (Å²) in [5, 5.41) is 11.6. The van der Waals surface area contributed by atoms with E-state index in [1.54, 1.807) is 24.3 Å². The highest BCUT2D eigenvalue weighted by atomic mass is 35.5. The number of aromatic amines is 1. The summed E-state index contributed by atoms with van der Waals surface area (Å²) >= 11 is 6.25. The van der Waals surface area contributed by atoms with Gasteiger partial charge in [-0.15, -0.1) is 5.10 Å². The molecule has 2 aromatic carbocycles. The highest BCUT2D eigenvalue weighted by molar-refractivity contribution is 6.31. The van der Waals surface area contributed by atoms with E-state index < -0.39 is 52.1 Å². The Labute approximate surface area is 232 Å². The molecule has 0 saturated carbocycles. The molecule has 210 valence electrons. The van der Waals surface area contributed by atoms with Crippen LogP contribution in [0.4, 0.5) is 27.6 Å². The first-order chi connectivity index (χ1) is 19.4. The molecule has 15 heteroatoms. The molecule has 1 aliphatic rings. The van der Waals surface area contributed by atoms with Crippen LogP contribution in [0.25, 0.3) is 28.1 Å². The second-order valence-electron chi connectivity index (χ2n) is 9.66. The lowest BCUT2D eigenvalue weighted by Crippen LogP contribution is -2.26. The molecule has 0 bridgehead atoms. The Morgan fingerprint density at radius 3 is 2.59 bits per heavy atom. The van der Waals surface area contributed by atoms with Crippen LogP contribution in [0.2, 0.25) is 5.02 Å². The highest BCUT2D eigenvalue weighted by Gasteiger charge is 2.39. The summed E-state index contributed by atoms with van der Waals surface area (Å²) in [5.74, 6) is -3.21. The molecule has 41 heavy (non-hydrogen) atoms. The van der Waals surface area contributed by atoms with E-state index in [-0.39, 0.29) is 11.7 Å².